The van der Waals surface area contributed by atoms with Gasteiger partial charge in [0.2, 0.25) is 0 Å². The largest absolute Gasteiger partial charge is 0.417 e. The van der Waals surface area contributed by atoms with E-state index in [4.69, 9.17) is 11.6 Å². The third-order valence-corrected chi connectivity index (χ3v) is 4.57. The Balaban J connectivity index is 2.13. The van der Waals surface area contributed by atoms with E-state index < -0.39 is 38.4 Å². The molecule has 2 aromatic rings. The lowest BCUT2D eigenvalue weighted by atomic mass is 10.2. The number of hydrazine groups is 1. The highest BCUT2D eigenvalue weighted by Crippen LogP contribution is 2.30. The summed E-state index contributed by atoms with van der Waals surface area (Å²) in [6.45, 7) is 1.77. The Morgan fingerprint density at radius 1 is 1.20 bits per heavy atom. The van der Waals surface area contributed by atoms with Gasteiger partial charge in [-0.15, -0.1) is 4.83 Å². The van der Waals surface area contributed by atoms with Crippen LogP contribution in [0.2, 0.25) is 5.02 Å². The third kappa shape index (κ3) is 4.68. The molecule has 0 bridgehead atoms. The first-order valence-corrected chi connectivity index (χ1v) is 8.48. The van der Waals surface area contributed by atoms with Gasteiger partial charge in [-0.05, 0) is 25.1 Å². The number of nitrogens with one attached hydrogen (secondary N) is 2. The molecule has 2 N–H and O–H groups in total. The van der Waals surface area contributed by atoms with Gasteiger partial charge < -0.3 is 0 Å². The monoisotopic (exact) mass is 393 g/mol. The maximum atomic E-state index is 12.5. The predicted molar refractivity (Wildman–Crippen MR) is 83.2 cm³/mol. The van der Waals surface area contributed by atoms with Crippen molar-refractivity contribution in [1.29, 1.82) is 0 Å². The van der Waals surface area contributed by atoms with Crippen LogP contribution in [-0.4, -0.2) is 19.3 Å². The molecule has 0 aliphatic heterocycles. The zero-order valence-electron chi connectivity index (χ0n) is 12.6. The van der Waals surface area contributed by atoms with E-state index >= 15 is 0 Å². The van der Waals surface area contributed by atoms with E-state index in [1.807, 2.05) is 10.3 Å². The topological polar surface area (TPSA) is 88.2 Å². The van der Waals surface area contributed by atoms with Crippen LogP contribution in [-0.2, 0) is 16.2 Å². The summed E-state index contributed by atoms with van der Waals surface area (Å²) < 4.78 is 61.6. The number of hydrogen-bond acceptors (Lipinski definition) is 4. The number of aromatic nitrogens is 1. The average Bonchev–Trinajstić information content (AvgIpc) is 2.52. The molecule has 25 heavy (non-hydrogen) atoms. The molecule has 1 aromatic heterocycles. The predicted octanol–water partition coefficient (Wildman–Crippen LogP) is 2.69. The Hall–Kier alpha value is -2.17. The van der Waals surface area contributed by atoms with E-state index in [1.165, 1.54) is 12.1 Å². The Morgan fingerprint density at radius 3 is 2.32 bits per heavy atom. The van der Waals surface area contributed by atoms with Crippen molar-refractivity contribution in [3.8, 4) is 0 Å². The number of hydrogen-bond donors (Lipinski definition) is 2. The quantitative estimate of drug-likeness (QED) is 0.782. The maximum absolute atomic E-state index is 12.5. The Bertz CT molecular complexity index is 900. The lowest BCUT2D eigenvalue weighted by Gasteiger charge is -2.11. The van der Waals surface area contributed by atoms with Gasteiger partial charge >= 0.3 is 6.18 Å². The minimum atomic E-state index is -4.67. The number of benzene rings is 1. The summed E-state index contributed by atoms with van der Waals surface area (Å²) in [5, 5.41) is -0.568. The number of rotatable bonds is 4. The molecule has 0 saturated carbocycles. The zero-order valence-corrected chi connectivity index (χ0v) is 14.1. The number of pyridine rings is 1. The molecule has 0 aliphatic carbocycles. The second kappa shape index (κ2) is 6.98. The molecule has 0 fully saturated rings. The summed E-state index contributed by atoms with van der Waals surface area (Å²) in [5.74, 6) is -1.10. The van der Waals surface area contributed by atoms with Crippen LogP contribution in [0, 0.1) is 6.92 Å². The second-order valence-electron chi connectivity index (χ2n) is 4.92. The van der Waals surface area contributed by atoms with Gasteiger partial charge in [0.1, 0.15) is 5.69 Å². The highest BCUT2D eigenvalue weighted by atomic mass is 35.5. The van der Waals surface area contributed by atoms with Crippen molar-refractivity contribution >= 4 is 27.5 Å². The van der Waals surface area contributed by atoms with Gasteiger partial charge in [0.25, 0.3) is 15.9 Å². The summed E-state index contributed by atoms with van der Waals surface area (Å²) in [5.41, 5.74) is 0.998. The summed E-state index contributed by atoms with van der Waals surface area (Å²) in [6.07, 6.45) is -4.24. The van der Waals surface area contributed by atoms with E-state index in [1.54, 1.807) is 19.1 Å². The Kier molecular flexibility index (Phi) is 5.35. The van der Waals surface area contributed by atoms with Gasteiger partial charge in [0, 0.05) is 6.20 Å². The van der Waals surface area contributed by atoms with Gasteiger partial charge in [0.05, 0.1) is 15.5 Å². The molecule has 6 nitrogen and oxygen atoms in total. The van der Waals surface area contributed by atoms with Gasteiger partial charge in [0.15, 0.2) is 0 Å². The first-order valence-electron chi connectivity index (χ1n) is 6.62. The number of carbonyl (C=O) groups excluding carboxylic acids is 1. The van der Waals surface area contributed by atoms with Crippen LogP contribution in [0.25, 0.3) is 0 Å². The van der Waals surface area contributed by atoms with Crippen LogP contribution in [0.4, 0.5) is 13.2 Å². The molecule has 11 heteroatoms. The molecule has 0 saturated heterocycles. The van der Waals surface area contributed by atoms with E-state index in [9.17, 15) is 26.4 Å². The number of carbonyl (C=O) groups is 1. The van der Waals surface area contributed by atoms with Crippen LogP contribution < -0.4 is 10.3 Å². The molecule has 134 valence electrons. The fourth-order valence-corrected chi connectivity index (χ4v) is 2.80. The lowest BCUT2D eigenvalue weighted by Crippen LogP contribution is -2.42. The summed E-state index contributed by atoms with van der Waals surface area (Å²) in [4.78, 5) is 16.9. The number of sulfonamides is 1. The van der Waals surface area contributed by atoms with Crippen LogP contribution >= 0.6 is 11.6 Å². The minimum Gasteiger partial charge on any atom is -0.272 e. The fraction of sp³-hybridized carbons (Fsp3) is 0.143. The van der Waals surface area contributed by atoms with Crippen LogP contribution in [0.3, 0.4) is 0 Å². The number of aryl methyl sites for hydroxylation is 1. The van der Waals surface area contributed by atoms with E-state index in [0.717, 1.165) is 5.56 Å². The third-order valence-electron chi connectivity index (χ3n) is 3.01. The number of amides is 1. The van der Waals surface area contributed by atoms with Crippen LogP contribution in [0.15, 0.2) is 41.4 Å². The molecule has 0 radical (unpaired) electrons. The van der Waals surface area contributed by atoms with Crippen LogP contribution in [0.5, 0.6) is 0 Å². The molecule has 0 unspecified atom stereocenters. The van der Waals surface area contributed by atoms with E-state index in [2.05, 4.69) is 4.98 Å². The first kappa shape index (κ1) is 19.2. The number of halogens is 4. The molecule has 0 aliphatic rings. The smallest absolute Gasteiger partial charge is 0.272 e. The van der Waals surface area contributed by atoms with Crippen molar-refractivity contribution in [3.63, 3.8) is 0 Å². The van der Waals surface area contributed by atoms with Gasteiger partial charge in [-0.25, -0.2) is 13.4 Å². The number of alkyl halides is 3. The van der Waals surface area contributed by atoms with Gasteiger partial charge in [-0.3, -0.25) is 10.2 Å². The molecule has 0 atom stereocenters. The second-order valence-corrected chi connectivity index (χ2v) is 7.01. The van der Waals surface area contributed by atoms with E-state index in [0.29, 0.717) is 12.3 Å². The Labute approximate surface area is 146 Å². The molecular weight excluding hydrogens is 383 g/mol. The summed E-state index contributed by atoms with van der Waals surface area (Å²) in [6, 6.07) is 6.30. The Morgan fingerprint density at radius 2 is 1.80 bits per heavy atom. The summed E-state index contributed by atoms with van der Waals surface area (Å²) in [7, 11) is -4.06. The SMILES string of the molecule is Cc1ccc(S(=O)(=O)NNC(=O)c2ncc(C(F)(F)F)cc2Cl)cc1. The van der Waals surface area contributed by atoms with Crippen LogP contribution in [0.1, 0.15) is 21.6 Å². The minimum absolute atomic E-state index is 0.107. The lowest BCUT2D eigenvalue weighted by molar-refractivity contribution is -0.137. The van der Waals surface area contributed by atoms with Crippen molar-refractivity contribution in [2.75, 3.05) is 0 Å². The van der Waals surface area contributed by atoms with Crippen molar-refractivity contribution in [2.24, 2.45) is 0 Å². The normalized spacial score (nSPS) is 12.0. The molecule has 2 rings (SSSR count). The van der Waals surface area contributed by atoms with Crippen molar-refractivity contribution < 1.29 is 26.4 Å². The van der Waals surface area contributed by atoms with Gasteiger partial charge in [-0.1, -0.05) is 29.3 Å². The highest BCUT2D eigenvalue weighted by molar-refractivity contribution is 7.89. The van der Waals surface area contributed by atoms with E-state index in [-0.39, 0.29) is 4.90 Å². The maximum Gasteiger partial charge on any atom is 0.417 e. The molecule has 1 heterocycles. The van der Waals surface area contributed by atoms with Gasteiger partial charge in [-0.2, -0.15) is 13.2 Å². The average molecular weight is 394 g/mol. The highest BCUT2D eigenvalue weighted by Gasteiger charge is 2.32. The number of nitrogens with zero attached hydrogens (tertiary/aromatic N) is 1. The molecule has 0 spiro atoms. The molecule has 1 aromatic carbocycles. The zero-order chi connectivity index (χ0) is 18.8. The van der Waals surface area contributed by atoms with Crippen molar-refractivity contribution in [3.05, 3.63) is 58.4 Å². The van der Waals surface area contributed by atoms with Crippen molar-refractivity contribution in [1.82, 2.24) is 15.2 Å². The summed E-state index contributed by atoms with van der Waals surface area (Å²) >= 11 is 5.61. The fourth-order valence-electron chi connectivity index (χ4n) is 1.71. The standard InChI is InChI=1S/C14H11ClF3N3O3S/c1-8-2-4-10(5-3-8)25(23,24)21-20-13(22)12-11(15)6-9(7-19-12)14(16,17)18/h2-7,21H,1H3,(H,20,22). The van der Waals surface area contributed by atoms with Crippen molar-refractivity contribution in [2.45, 2.75) is 18.0 Å². The molecule has 1 amide bonds. The first-order chi connectivity index (χ1) is 11.5. The molecular formula is C14H11ClF3N3O3S.